The number of allylic oxidation sites excluding steroid dienone is 1. The summed E-state index contributed by atoms with van der Waals surface area (Å²) in [5, 5.41) is 9.76. The number of carbonyl (C=O) groups excluding carboxylic acids is 1. The largest absolute Gasteiger partial charge is 0.405 e. The molecule has 5 nitrogen and oxygen atoms in total. The predicted molar refractivity (Wildman–Crippen MR) is 90.0 cm³/mol. The van der Waals surface area contributed by atoms with Gasteiger partial charge in [0.1, 0.15) is 6.54 Å². The van der Waals surface area contributed by atoms with Crippen LogP contribution < -0.4 is 5.32 Å². The summed E-state index contributed by atoms with van der Waals surface area (Å²) in [5.41, 5.74) is 0.845. The zero-order valence-corrected chi connectivity index (χ0v) is 14.3. The van der Waals surface area contributed by atoms with Crippen molar-refractivity contribution >= 4 is 17.7 Å². The van der Waals surface area contributed by atoms with Crippen LogP contribution in [0.25, 0.3) is 11.4 Å². The highest BCUT2D eigenvalue weighted by atomic mass is 32.2. The highest BCUT2D eigenvalue weighted by molar-refractivity contribution is 8.00. The fourth-order valence-corrected chi connectivity index (χ4v) is 2.90. The molecule has 2 rings (SSSR count). The number of thioether (sulfide) groups is 1. The standard InChI is InChI=1S/C16H17F3N4OS/c1-3-9-23-13(12-7-5-4-6-8-12)21-22-15(23)25-11(2)14(24)20-10-16(17,18)19/h3-8,11H,1,9-10H2,2H3,(H,20,24). The van der Waals surface area contributed by atoms with Crippen LogP contribution in [0, 0.1) is 0 Å². The third-order valence-electron chi connectivity index (χ3n) is 3.17. The molecule has 2 aromatic rings. The van der Waals surface area contributed by atoms with Crippen LogP contribution in [0.5, 0.6) is 0 Å². The molecule has 0 fully saturated rings. The lowest BCUT2D eigenvalue weighted by Crippen LogP contribution is -2.38. The Balaban J connectivity index is 2.15. The van der Waals surface area contributed by atoms with Crippen molar-refractivity contribution in [2.45, 2.75) is 30.1 Å². The lowest BCUT2D eigenvalue weighted by Gasteiger charge is -2.14. The van der Waals surface area contributed by atoms with Gasteiger partial charge in [0.25, 0.3) is 0 Å². The zero-order chi connectivity index (χ0) is 18.4. The van der Waals surface area contributed by atoms with Crippen molar-refractivity contribution in [1.29, 1.82) is 0 Å². The summed E-state index contributed by atoms with van der Waals surface area (Å²) in [6.07, 6.45) is -2.78. The Morgan fingerprint density at radius 3 is 2.64 bits per heavy atom. The van der Waals surface area contributed by atoms with Crippen LogP contribution in [-0.2, 0) is 11.3 Å². The van der Waals surface area contributed by atoms with Gasteiger partial charge in [-0.1, -0.05) is 48.2 Å². The third-order valence-corrected chi connectivity index (χ3v) is 4.26. The van der Waals surface area contributed by atoms with Crippen LogP contribution in [0.1, 0.15) is 6.92 Å². The molecule has 9 heteroatoms. The summed E-state index contributed by atoms with van der Waals surface area (Å²) in [4.78, 5) is 11.8. The van der Waals surface area contributed by atoms with Crippen LogP contribution in [0.4, 0.5) is 13.2 Å². The van der Waals surface area contributed by atoms with Crippen molar-refractivity contribution in [1.82, 2.24) is 20.1 Å². The van der Waals surface area contributed by atoms with E-state index < -0.39 is 23.9 Å². The van der Waals surface area contributed by atoms with Gasteiger partial charge in [0.2, 0.25) is 5.91 Å². The van der Waals surface area contributed by atoms with Gasteiger partial charge < -0.3 is 5.32 Å². The maximum atomic E-state index is 12.2. The number of alkyl halides is 3. The maximum absolute atomic E-state index is 12.2. The fourth-order valence-electron chi connectivity index (χ4n) is 2.01. The molecule has 1 heterocycles. The first-order chi connectivity index (χ1) is 11.8. The lowest BCUT2D eigenvalue weighted by atomic mass is 10.2. The fraction of sp³-hybridized carbons (Fsp3) is 0.312. The molecule has 25 heavy (non-hydrogen) atoms. The summed E-state index contributed by atoms with van der Waals surface area (Å²) >= 11 is 1.05. The molecular formula is C16H17F3N4OS. The molecule has 134 valence electrons. The van der Waals surface area contributed by atoms with Crippen LogP contribution in [0.15, 0.2) is 48.1 Å². The Morgan fingerprint density at radius 2 is 2.04 bits per heavy atom. The number of aromatic nitrogens is 3. The van der Waals surface area contributed by atoms with Gasteiger partial charge in [-0.05, 0) is 6.92 Å². The van der Waals surface area contributed by atoms with Crippen molar-refractivity contribution in [3.8, 4) is 11.4 Å². The molecule has 0 aliphatic heterocycles. The normalized spacial score (nSPS) is 12.6. The summed E-state index contributed by atoms with van der Waals surface area (Å²) in [7, 11) is 0. The lowest BCUT2D eigenvalue weighted by molar-refractivity contribution is -0.137. The topological polar surface area (TPSA) is 59.8 Å². The van der Waals surface area contributed by atoms with Crippen molar-refractivity contribution in [3.63, 3.8) is 0 Å². The number of benzene rings is 1. The molecule has 1 aromatic carbocycles. The number of carbonyl (C=O) groups is 1. The molecule has 0 aliphatic carbocycles. The van der Waals surface area contributed by atoms with Crippen LogP contribution >= 0.6 is 11.8 Å². The second-order valence-corrected chi connectivity index (χ2v) is 6.47. The van der Waals surface area contributed by atoms with E-state index in [0.29, 0.717) is 17.5 Å². The van der Waals surface area contributed by atoms with Crippen molar-refractivity contribution in [2.75, 3.05) is 6.54 Å². The van der Waals surface area contributed by atoms with E-state index in [0.717, 1.165) is 17.3 Å². The molecule has 0 aliphatic rings. The molecular weight excluding hydrogens is 353 g/mol. The van der Waals surface area contributed by atoms with Crippen molar-refractivity contribution < 1.29 is 18.0 Å². The van der Waals surface area contributed by atoms with Gasteiger partial charge in [0, 0.05) is 12.1 Å². The number of hydrogen-bond donors (Lipinski definition) is 1. The molecule has 0 spiro atoms. The molecule has 0 saturated heterocycles. The van der Waals surface area contributed by atoms with E-state index in [9.17, 15) is 18.0 Å². The molecule has 1 amide bonds. The van der Waals surface area contributed by atoms with Crippen LogP contribution in [0.2, 0.25) is 0 Å². The Morgan fingerprint density at radius 1 is 1.36 bits per heavy atom. The van der Waals surface area contributed by atoms with Gasteiger partial charge in [-0.25, -0.2) is 0 Å². The minimum absolute atomic E-state index is 0.413. The Bertz CT molecular complexity index is 731. The number of rotatable bonds is 7. The number of halogens is 3. The third kappa shape index (κ3) is 5.35. The van der Waals surface area contributed by atoms with E-state index in [1.54, 1.807) is 10.6 Å². The minimum Gasteiger partial charge on any atom is -0.346 e. The summed E-state index contributed by atoms with van der Waals surface area (Å²) in [5.74, 6) is -0.109. The SMILES string of the molecule is C=CCn1c(SC(C)C(=O)NCC(F)(F)F)nnc1-c1ccccc1. The van der Waals surface area contributed by atoms with Crippen LogP contribution in [0.3, 0.4) is 0 Å². The average Bonchev–Trinajstić information content (AvgIpc) is 2.95. The van der Waals surface area contributed by atoms with Crippen molar-refractivity contribution in [3.05, 3.63) is 43.0 Å². The molecule has 0 saturated carbocycles. The summed E-state index contributed by atoms with van der Waals surface area (Å²) < 4.78 is 38.4. The average molecular weight is 370 g/mol. The van der Waals surface area contributed by atoms with E-state index in [4.69, 9.17) is 0 Å². The van der Waals surface area contributed by atoms with E-state index >= 15 is 0 Å². The molecule has 1 N–H and O–H groups in total. The van der Waals surface area contributed by atoms with E-state index in [2.05, 4.69) is 16.8 Å². The van der Waals surface area contributed by atoms with Gasteiger partial charge in [-0.2, -0.15) is 13.2 Å². The first kappa shape index (κ1) is 19.0. The molecule has 1 atom stereocenters. The molecule has 1 aromatic heterocycles. The maximum Gasteiger partial charge on any atom is 0.405 e. The van der Waals surface area contributed by atoms with Gasteiger partial charge >= 0.3 is 6.18 Å². The van der Waals surface area contributed by atoms with Crippen LogP contribution in [-0.4, -0.2) is 38.6 Å². The van der Waals surface area contributed by atoms with Gasteiger partial charge in [0.05, 0.1) is 5.25 Å². The minimum atomic E-state index is -4.44. The Kier molecular flexibility index (Phi) is 6.24. The quantitative estimate of drug-likeness (QED) is 0.600. The summed E-state index contributed by atoms with van der Waals surface area (Å²) in [6.45, 7) is 4.27. The zero-order valence-electron chi connectivity index (χ0n) is 13.5. The Labute approximate surface area is 147 Å². The van der Waals surface area contributed by atoms with Gasteiger partial charge in [-0.15, -0.1) is 16.8 Å². The highest BCUT2D eigenvalue weighted by Gasteiger charge is 2.29. The summed E-state index contributed by atoms with van der Waals surface area (Å²) in [6, 6.07) is 9.35. The smallest absolute Gasteiger partial charge is 0.346 e. The van der Waals surface area contributed by atoms with E-state index in [-0.39, 0.29) is 0 Å². The monoisotopic (exact) mass is 370 g/mol. The van der Waals surface area contributed by atoms with E-state index in [1.807, 2.05) is 35.6 Å². The van der Waals surface area contributed by atoms with Crippen molar-refractivity contribution in [2.24, 2.45) is 0 Å². The van der Waals surface area contributed by atoms with E-state index in [1.165, 1.54) is 6.92 Å². The second kappa shape index (κ2) is 8.19. The van der Waals surface area contributed by atoms with Gasteiger partial charge in [-0.3, -0.25) is 9.36 Å². The first-order valence-corrected chi connectivity index (χ1v) is 8.30. The number of nitrogens with zero attached hydrogens (tertiary/aromatic N) is 3. The first-order valence-electron chi connectivity index (χ1n) is 7.42. The molecule has 0 radical (unpaired) electrons. The predicted octanol–water partition coefficient (Wildman–Crippen LogP) is 3.29. The number of hydrogen-bond acceptors (Lipinski definition) is 4. The van der Waals surface area contributed by atoms with Gasteiger partial charge in [0.15, 0.2) is 11.0 Å². The second-order valence-electron chi connectivity index (χ2n) is 5.16. The Hall–Kier alpha value is -2.29. The molecule has 1 unspecified atom stereocenters. The highest BCUT2D eigenvalue weighted by Crippen LogP contribution is 2.27. The number of amides is 1. The molecule has 0 bridgehead atoms. The number of nitrogens with one attached hydrogen (secondary N) is 1.